The molecule has 1 rings (SSSR count). The van der Waals surface area contributed by atoms with Crippen molar-refractivity contribution in [2.45, 2.75) is 6.54 Å². The van der Waals surface area contributed by atoms with Crippen LogP contribution < -0.4 is 5.32 Å². The Balaban J connectivity index is 2.63. The van der Waals surface area contributed by atoms with Crippen molar-refractivity contribution < 1.29 is 18.7 Å². The van der Waals surface area contributed by atoms with E-state index in [0.717, 1.165) is 0 Å². The molecule has 0 bridgehead atoms. The Bertz CT molecular complexity index is 347. The molecule has 76 valence electrons. The van der Waals surface area contributed by atoms with Crippen molar-refractivity contribution in [3.05, 3.63) is 23.7 Å². The van der Waals surface area contributed by atoms with Gasteiger partial charge in [-0.15, -0.1) is 0 Å². The smallest absolute Gasteiger partial charge is 0.407 e. The van der Waals surface area contributed by atoms with Crippen molar-refractivity contribution in [2.24, 2.45) is 0 Å². The fraction of sp³-hybridized carbons (Fsp3) is 0.250. The average Bonchev–Trinajstić information content (AvgIpc) is 2.62. The monoisotopic (exact) mass is 217 g/mol. The number of rotatable bonds is 3. The van der Waals surface area contributed by atoms with Crippen molar-refractivity contribution in [2.75, 3.05) is 7.11 Å². The molecular formula is C8H8ClNO4. The fourth-order valence-electron chi connectivity index (χ4n) is 0.877. The highest BCUT2D eigenvalue weighted by atomic mass is 35.5. The molecule has 5 nitrogen and oxygen atoms in total. The van der Waals surface area contributed by atoms with Gasteiger partial charge in [0.2, 0.25) is 0 Å². The molecule has 1 aromatic heterocycles. The van der Waals surface area contributed by atoms with Gasteiger partial charge in [0.05, 0.1) is 25.5 Å². The minimum Gasteiger partial charge on any atom is -0.467 e. The quantitative estimate of drug-likeness (QED) is 0.780. The topological polar surface area (TPSA) is 68.5 Å². The zero-order valence-corrected chi connectivity index (χ0v) is 8.13. The molecular weight excluding hydrogens is 210 g/mol. The number of methoxy groups -OCH3 is 1. The maximum absolute atomic E-state index is 10.8. The first-order chi connectivity index (χ1) is 6.65. The summed E-state index contributed by atoms with van der Waals surface area (Å²) in [7, 11) is 1.24. The van der Waals surface area contributed by atoms with Gasteiger partial charge in [-0.3, -0.25) is 4.79 Å². The molecule has 6 heteroatoms. The predicted molar refractivity (Wildman–Crippen MR) is 48.1 cm³/mol. The molecule has 0 aliphatic heterocycles. The van der Waals surface area contributed by atoms with E-state index in [2.05, 4.69) is 10.1 Å². The van der Waals surface area contributed by atoms with Crippen LogP contribution in [0.4, 0.5) is 4.79 Å². The average molecular weight is 218 g/mol. The van der Waals surface area contributed by atoms with E-state index < -0.39 is 11.3 Å². The Kier molecular flexibility index (Phi) is 3.53. The molecule has 0 fully saturated rings. The molecule has 0 saturated heterocycles. The maximum atomic E-state index is 10.8. The normalized spacial score (nSPS) is 9.57. The SMILES string of the molecule is COC(=O)NCc1occc1C(=O)Cl. The van der Waals surface area contributed by atoms with Crippen LogP contribution in [0.1, 0.15) is 16.1 Å². The molecule has 0 saturated carbocycles. The molecule has 14 heavy (non-hydrogen) atoms. The summed E-state index contributed by atoms with van der Waals surface area (Å²) >= 11 is 5.26. The highest BCUT2D eigenvalue weighted by Crippen LogP contribution is 2.12. The number of furan rings is 1. The second-order valence-corrected chi connectivity index (χ2v) is 2.72. The summed E-state index contributed by atoms with van der Waals surface area (Å²) in [6.45, 7) is 0.0630. The van der Waals surface area contributed by atoms with Crippen molar-refractivity contribution in [3.63, 3.8) is 0 Å². The first kappa shape index (κ1) is 10.6. The summed E-state index contributed by atoms with van der Waals surface area (Å²) < 4.78 is 9.28. The van der Waals surface area contributed by atoms with E-state index in [4.69, 9.17) is 16.0 Å². The van der Waals surface area contributed by atoms with E-state index in [-0.39, 0.29) is 12.1 Å². The van der Waals surface area contributed by atoms with E-state index >= 15 is 0 Å². The largest absolute Gasteiger partial charge is 0.467 e. The number of amides is 1. The maximum Gasteiger partial charge on any atom is 0.407 e. The van der Waals surface area contributed by atoms with Crippen LogP contribution >= 0.6 is 11.6 Å². The lowest BCUT2D eigenvalue weighted by atomic mass is 10.3. The van der Waals surface area contributed by atoms with Gasteiger partial charge in [-0.25, -0.2) is 4.79 Å². The van der Waals surface area contributed by atoms with Crippen LogP contribution in [0.25, 0.3) is 0 Å². The van der Waals surface area contributed by atoms with Crippen LogP contribution in [0.5, 0.6) is 0 Å². The third-order valence-electron chi connectivity index (χ3n) is 1.54. The van der Waals surface area contributed by atoms with Crippen LogP contribution in [0.2, 0.25) is 0 Å². The van der Waals surface area contributed by atoms with Gasteiger partial charge >= 0.3 is 6.09 Å². The second kappa shape index (κ2) is 4.66. The summed E-state index contributed by atoms with van der Waals surface area (Å²) in [5.41, 5.74) is 0.239. The number of halogens is 1. The Labute approximate surface area is 85.0 Å². The number of nitrogens with one attached hydrogen (secondary N) is 1. The Morgan fingerprint density at radius 2 is 2.36 bits per heavy atom. The van der Waals surface area contributed by atoms with E-state index in [1.54, 1.807) is 0 Å². The standard InChI is InChI=1S/C8H8ClNO4/c1-13-8(12)10-4-6-5(7(9)11)2-3-14-6/h2-3H,4H2,1H3,(H,10,12). The number of carbonyl (C=O) groups is 2. The summed E-state index contributed by atoms with van der Waals surface area (Å²) in [5, 5.41) is 1.74. The number of hydrogen-bond donors (Lipinski definition) is 1. The van der Waals surface area contributed by atoms with Gasteiger partial charge < -0.3 is 14.5 Å². The summed E-state index contributed by atoms with van der Waals surface area (Å²) in [6.07, 6.45) is 0.721. The van der Waals surface area contributed by atoms with Crippen molar-refractivity contribution in [1.29, 1.82) is 0 Å². The van der Waals surface area contributed by atoms with Gasteiger partial charge in [0, 0.05) is 0 Å². The van der Waals surface area contributed by atoms with E-state index in [0.29, 0.717) is 5.76 Å². The third kappa shape index (κ3) is 2.50. The summed E-state index contributed by atoms with van der Waals surface area (Å²) in [4.78, 5) is 21.5. The molecule has 0 aromatic carbocycles. The molecule has 0 radical (unpaired) electrons. The van der Waals surface area contributed by atoms with Crippen LogP contribution in [-0.4, -0.2) is 18.4 Å². The molecule has 1 aromatic rings. The summed E-state index contributed by atoms with van der Waals surface area (Å²) in [5.74, 6) is 0.301. The van der Waals surface area contributed by atoms with Crippen molar-refractivity contribution in [1.82, 2.24) is 5.32 Å². The van der Waals surface area contributed by atoms with Gasteiger partial charge in [-0.2, -0.15) is 0 Å². The Morgan fingerprint density at radius 3 is 2.93 bits per heavy atom. The molecule has 1 N–H and O–H groups in total. The van der Waals surface area contributed by atoms with Gasteiger partial charge in [0.25, 0.3) is 5.24 Å². The Hall–Kier alpha value is -1.49. The Morgan fingerprint density at radius 1 is 1.64 bits per heavy atom. The van der Waals surface area contributed by atoms with Gasteiger partial charge in [0.1, 0.15) is 5.76 Å². The van der Waals surface area contributed by atoms with Crippen molar-refractivity contribution in [3.8, 4) is 0 Å². The molecule has 0 aliphatic rings. The highest BCUT2D eigenvalue weighted by Gasteiger charge is 2.12. The van der Waals surface area contributed by atoms with Gasteiger partial charge in [-0.05, 0) is 17.7 Å². The number of ether oxygens (including phenoxy) is 1. The second-order valence-electron chi connectivity index (χ2n) is 2.38. The van der Waals surface area contributed by atoms with Crippen LogP contribution in [0.3, 0.4) is 0 Å². The fourth-order valence-corrected chi connectivity index (χ4v) is 1.05. The number of carbonyl (C=O) groups excluding carboxylic acids is 2. The minimum absolute atomic E-state index is 0.0630. The minimum atomic E-state index is -0.625. The first-order valence-electron chi connectivity index (χ1n) is 3.73. The van der Waals surface area contributed by atoms with Crippen LogP contribution in [0.15, 0.2) is 16.7 Å². The molecule has 0 atom stereocenters. The van der Waals surface area contributed by atoms with E-state index in [1.807, 2.05) is 0 Å². The first-order valence-corrected chi connectivity index (χ1v) is 4.11. The van der Waals surface area contributed by atoms with Crippen molar-refractivity contribution >= 4 is 22.9 Å². The van der Waals surface area contributed by atoms with E-state index in [1.165, 1.54) is 19.4 Å². The number of hydrogen-bond acceptors (Lipinski definition) is 4. The van der Waals surface area contributed by atoms with Crippen LogP contribution in [0, 0.1) is 0 Å². The lowest BCUT2D eigenvalue weighted by Crippen LogP contribution is -2.22. The zero-order chi connectivity index (χ0) is 10.6. The highest BCUT2D eigenvalue weighted by molar-refractivity contribution is 6.67. The van der Waals surface area contributed by atoms with Gasteiger partial charge in [-0.1, -0.05) is 0 Å². The van der Waals surface area contributed by atoms with Crippen LogP contribution in [-0.2, 0) is 11.3 Å². The predicted octanol–water partition coefficient (Wildman–Crippen LogP) is 1.51. The lowest BCUT2D eigenvalue weighted by molar-refractivity contribution is 0.107. The summed E-state index contributed by atoms with van der Waals surface area (Å²) in [6, 6.07) is 1.43. The lowest BCUT2D eigenvalue weighted by Gasteiger charge is -2.01. The number of alkyl carbamates (subject to hydrolysis) is 1. The van der Waals surface area contributed by atoms with Gasteiger partial charge in [0.15, 0.2) is 0 Å². The molecule has 0 unspecified atom stereocenters. The molecule has 0 spiro atoms. The molecule has 1 amide bonds. The zero-order valence-electron chi connectivity index (χ0n) is 7.37. The molecule has 1 heterocycles. The van der Waals surface area contributed by atoms with E-state index in [9.17, 15) is 9.59 Å². The third-order valence-corrected chi connectivity index (χ3v) is 1.74. The molecule has 0 aliphatic carbocycles.